The summed E-state index contributed by atoms with van der Waals surface area (Å²) in [7, 11) is 0. The topological polar surface area (TPSA) is 17.1 Å². The summed E-state index contributed by atoms with van der Waals surface area (Å²) in [6, 6.07) is 0. The Bertz CT molecular complexity index is 178. The zero-order chi connectivity index (χ0) is 9.14. The molecule has 2 atom stereocenters. The molecule has 0 spiro atoms. The zero-order valence-electron chi connectivity index (χ0n) is 7.48. The van der Waals surface area contributed by atoms with Crippen LogP contribution in [-0.2, 0) is 4.79 Å². The summed E-state index contributed by atoms with van der Waals surface area (Å²) in [6.45, 7) is 5.40. The molecule has 1 fully saturated rings. The van der Waals surface area contributed by atoms with Gasteiger partial charge in [0.2, 0.25) is 0 Å². The number of hydrogen-bond donors (Lipinski definition) is 0. The van der Waals surface area contributed by atoms with E-state index < -0.39 is 0 Å². The maximum Gasteiger partial charge on any atom is 0.132 e. The van der Waals surface area contributed by atoms with Crippen molar-refractivity contribution in [2.24, 2.45) is 11.8 Å². The van der Waals surface area contributed by atoms with Crippen LogP contribution in [0.15, 0.2) is 11.6 Å². The van der Waals surface area contributed by atoms with Crippen LogP contribution in [-0.4, -0.2) is 5.78 Å². The second kappa shape index (κ2) is 4.08. The molecule has 1 nitrogen and oxygen atoms in total. The minimum Gasteiger partial charge on any atom is -0.300 e. The van der Waals surface area contributed by atoms with Crippen molar-refractivity contribution in [3.8, 4) is 0 Å². The lowest BCUT2D eigenvalue weighted by atomic mass is 9.80. The number of halogens is 1. The van der Waals surface area contributed by atoms with Gasteiger partial charge < -0.3 is 0 Å². The van der Waals surface area contributed by atoms with Gasteiger partial charge in [-0.2, -0.15) is 0 Å². The van der Waals surface area contributed by atoms with Crippen molar-refractivity contribution in [2.75, 3.05) is 0 Å². The largest absolute Gasteiger partial charge is 0.300 e. The Hall–Kier alpha value is -0.300. The van der Waals surface area contributed by atoms with E-state index >= 15 is 0 Å². The predicted molar refractivity (Wildman–Crippen MR) is 51.1 cm³/mol. The Morgan fingerprint density at radius 2 is 2.00 bits per heavy atom. The third-order valence-corrected chi connectivity index (χ3v) is 3.00. The lowest BCUT2D eigenvalue weighted by molar-refractivity contribution is -0.121. The highest BCUT2D eigenvalue weighted by Crippen LogP contribution is 2.34. The van der Waals surface area contributed by atoms with E-state index in [2.05, 4.69) is 6.58 Å². The summed E-state index contributed by atoms with van der Waals surface area (Å²) < 4.78 is 0. The zero-order valence-corrected chi connectivity index (χ0v) is 8.23. The van der Waals surface area contributed by atoms with Crippen molar-refractivity contribution < 1.29 is 4.79 Å². The fourth-order valence-corrected chi connectivity index (χ4v) is 2.04. The lowest BCUT2D eigenvalue weighted by Crippen LogP contribution is -2.20. The number of rotatable bonds is 2. The standard InChI is InChI=1S/C10H15ClO/c1-7(11)9-4-3-5-10(6-9)8(2)12/h9-10H,1,3-6H2,2H3. The van der Waals surface area contributed by atoms with Gasteiger partial charge in [-0.3, -0.25) is 4.79 Å². The van der Waals surface area contributed by atoms with Gasteiger partial charge in [0.15, 0.2) is 0 Å². The summed E-state index contributed by atoms with van der Waals surface area (Å²) in [5, 5.41) is 0.723. The van der Waals surface area contributed by atoms with E-state index in [1.54, 1.807) is 6.92 Å². The monoisotopic (exact) mass is 186 g/mol. The minimum absolute atomic E-state index is 0.235. The Kier molecular flexibility index (Phi) is 3.33. The third-order valence-electron chi connectivity index (χ3n) is 2.69. The van der Waals surface area contributed by atoms with Gasteiger partial charge in [-0.1, -0.05) is 24.6 Å². The molecule has 0 aromatic rings. The minimum atomic E-state index is 0.235. The quantitative estimate of drug-likeness (QED) is 0.648. The van der Waals surface area contributed by atoms with Crippen LogP contribution in [0.25, 0.3) is 0 Å². The first-order chi connectivity index (χ1) is 5.61. The maximum atomic E-state index is 11.1. The van der Waals surface area contributed by atoms with Gasteiger partial charge in [-0.15, -0.1) is 0 Å². The van der Waals surface area contributed by atoms with Gasteiger partial charge in [0.25, 0.3) is 0 Å². The molecule has 0 N–H and O–H groups in total. The highest BCUT2D eigenvalue weighted by atomic mass is 35.5. The fourth-order valence-electron chi connectivity index (χ4n) is 1.84. The Balaban J connectivity index is 2.51. The molecule has 1 aliphatic rings. The average molecular weight is 187 g/mol. The van der Waals surface area contributed by atoms with Crippen LogP contribution in [0.4, 0.5) is 0 Å². The molecule has 0 aromatic carbocycles. The molecule has 12 heavy (non-hydrogen) atoms. The number of carbonyl (C=O) groups is 1. The van der Waals surface area contributed by atoms with Crippen LogP contribution in [0.3, 0.4) is 0 Å². The van der Waals surface area contributed by atoms with Gasteiger partial charge in [0.05, 0.1) is 0 Å². The first-order valence-electron chi connectivity index (χ1n) is 4.46. The van der Waals surface area contributed by atoms with E-state index in [9.17, 15) is 4.79 Å². The molecular weight excluding hydrogens is 172 g/mol. The molecule has 1 saturated carbocycles. The SMILES string of the molecule is C=C(Cl)C1CCCC(C(C)=O)C1. The summed E-state index contributed by atoms with van der Waals surface area (Å²) in [5.41, 5.74) is 0. The molecular formula is C10H15ClO. The molecule has 0 bridgehead atoms. The molecule has 0 aliphatic heterocycles. The highest BCUT2D eigenvalue weighted by molar-refractivity contribution is 6.29. The number of hydrogen-bond acceptors (Lipinski definition) is 1. The van der Waals surface area contributed by atoms with Crippen molar-refractivity contribution in [1.82, 2.24) is 0 Å². The lowest BCUT2D eigenvalue weighted by Gasteiger charge is -2.26. The molecule has 0 saturated heterocycles. The van der Waals surface area contributed by atoms with Crippen LogP contribution in [0, 0.1) is 11.8 Å². The Morgan fingerprint density at radius 1 is 1.42 bits per heavy atom. The normalized spacial score (nSPS) is 29.8. The molecule has 0 amide bonds. The van der Waals surface area contributed by atoms with E-state index in [-0.39, 0.29) is 5.92 Å². The number of Topliss-reactive ketones (excluding diaryl/α,β-unsaturated/α-hetero) is 1. The van der Waals surface area contributed by atoms with Crippen molar-refractivity contribution in [1.29, 1.82) is 0 Å². The molecule has 0 aromatic heterocycles. The van der Waals surface area contributed by atoms with E-state index in [0.717, 1.165) is 30.7 Å². The van der Waals surface area contributed by atoms with Gasteiger partial charge in [0, 0.05) is 11.0 Å². The Labute approximate surface area is 78.8 Å². The van der Waals surface area contributed by atoms with Crippen LogP contribution in [0.1, 0.15) is 32.6 Å². The van der Waals surface area contributed by atoms with Crippen LogP contribution in [0.2, 0.25) is 0 Å². The van der Waals surface area contributed by atoms with Gasteiger partial charge in [-0.05, 0) is 32.1 Å². The summed E-state index contributed by atoms with van der Waals surface area (Å²) >= 11 is 5.82. The van der Waals surface area contributed by atoms with E-state index in [0.29, 0.717) is 11.7 Å². The average Bonchev–Trinajstić information content (AvgIpc) is 2.04. The molecule has 1 aliphatic carbocycles. The van der Waals surface area contributed by atoms with Crippen LogP contribution >= 0.6 is 11.6 Å². The van der Waals surface area contributed by atoms with E-state index in [4.69, 9.17) is 11.6 Å². The van der Waals surface area contributed by atoms with E-state index in [1.807, 2.05) is 0 Å². The molecule has 0 radical (unpaired) electrons. The smallest absolute Gasteiger partial charge is 0.132 e. The highest BCUT2D eigenvalue weighted by Gasteiger charge is 2.25. The van der Waals surface area contributed by atoms with Gasteiger partial charge in [0.1, 0.15) is 5.78 Å². The maximum absolute atomic E-state index is 11.1. The molecule has 2 heteroatoms. The number of ketones is 1. The number of allylic oxidation sites excluding steroid dienone is 1. The second-order valence-corrected chi connectivity index (χ2v) is 4.10. The first-order valence-corrected chi connectivity index (χ1v) is 4.83. The second-order valence-electron chi connectivity index (χ2n) is 3.62. The fraction of sp³-hybridized carbons (Fsp3) is 0.700. The van der Waals surface area contributed by atoms with Crippen molar-refractivity contribution in [3.63, 3.8) is 0 Å². The molecule has 1 rings (SSSR count). The number of carbonyl (C=O) groups excluding carboxylic acids is 1. The predicted octanol–water partition coefficient (Wildman–Crippen LogP) is 3.13. The van der Waals surface area contributed by atoms with Crippen LogP contribution < -0.4 is 0 Å². The summed E-state index contributed by atoms with van der Waals surface area (Å²) in [5.74, 6) is 0.909. The summed E-state index contributed by atoms with van der Waals surface area (Å²) in [6.07, 6.45) is 4.17. The van der Waals surface area contributed by atoms with Crippen LogP contribution in [0.5, 0.6) is 0 Å². The van der Waals surface area contributed by atoms with Gasteiger partial charge >= 0.3 is 0 Å². The molecule has 0 heterocycles. The molecule has 68 valence electrons. The first kappa shape index (κ1) is 9.79. The van der Waals surface area contributed by atoms with Crippen molar-refractivity contribution in [3.05, 3.63) is 11.6 Å². The van der Waals surface area contributed by atoms with Crippen molar-refractivity contribution >= 4 is 17.4 Å². The molecule has 2 unspecified atom stereocenters. The summed E-state index contributed by atoms with van der Waals surface area (Å²) in [4.78, 5) is 11.1. The van der Waals surface area contributed by atoms with E-state index in [1.165, 1.54) is 0 Å². The van der Waals surface area contributed by atoms with Crippen molar-refractivity contribution in [2.45, 2.75) is 32.6 Å². The Morgan fingerprint density at radius 3 is 2.50 bits per heavy atom. The third kappa shape index (κ3) is 2.34. The van der Waals surface area contributed by atoms with Gasteiger partial charge in [-0.25, -0.2) is 0 Å².